The van der Waals surface area contributed by atoms with Crippen LogP contribution in [0.15, 0.2) is 29.8 Å². The molecule has 1 aromatic carbocycles. The van der Waals surface area contributed by atoms with Crippen molar-refractivity contribution in [3.05, 3.63) is 35.4 Å². The standard InChI is InChI=1S/C16H15F3O4/c1-21-13-10-5-2-3-6-11(10)23-15(7-4-8-22-9-15)12(13)14(20)16(17,18)19/h2-3,5-6H,4,7-9H2,1H3. The Labute approximate surface area is 130 Å². The third kappa shape index (κ3) is 2.59. The van der Waals surface area contributed by atoms with Gasteiger partial charge in [-0.05, 0) is 25.0 Å². The summed E-state index contributed by atoms with van der Waals surface area (Å²) in [5.74, 6) is -1.66. The molecule has 1 fully saturated rings. The highest BCUT2D eigenvalue weighted by atomic mass is 19.4. The molecule has 0 radical (unpaired) electrons. The van der Waals surface area contributed by atoms with Gasteiger partial charge in [0.25, 0.3) is 5.78 Å². The molecule has 0 saturated carbocycles. The number of carbonyl (C=O) groups is 1. The number of carbonyl (C=O) groups excluding carboxylic acids is 1. The lowest BCUT2D eigenvalue weighted by molar-refractivity contribution is -0.170. The average molecular weight is 328 g/mol. The maximum atomic E-state index is 13.1. The van der Waals surface area contributed by atoms with E-state index in [9.17, 15) is 18.0 Å². The Morgan fingerprint density at radius 2 is 2.04 bits per heavy atom. The first-order valence-electron chi connectivity index (χ1n) is 7.15. The zero-order valence-corrected chi connectivity index (χ0v) is 12.4. The van der Waals surface area contributed by atoms with Gasteiger partial charge in [-0.1, -0.05) is 12.1 Å². The molecule has 1 spiro atoms. The Kier molecular flexibility index (Phi) is 3.83. The molecule has 4 nitrogen and oxygen atoms in total. The molecule has 0 amide bonds. The summed E-state index contributed by atoms with van der Waals surface area (Å²) in [7, 11) is 1.25. The van der Waals surface area contributed by atoms with E-state index in [0.29, 0.717) is 24.3 Å². The van der Waals surface area contributed by atoms with E-state index in [2.05, 4.69) is 0 Å². The van der Waals surface area contributed by atoms with E-state index >= 15 is 0 Å². The first-order chi connectivity index (χ1) is 10.9. The molecule has 0 aliphatic carbocycles. The molecular weight excluding hydrogens is 313 g/mol. The first kappa shape index (κ1) is 15.9. The number of hydrogen-bond acceptors (Lipinski definition) is 4. The zero-order valence-electron chi connectivity index (χ0n) is 12.4. The van der Waals surface area contributed by atoms with Crippen LogP contribution in [0.4, 0.5) is 13.2 Å². The van der Waals surface area contributed by atoms with Crippen molar-refractivity contribution in [1.29, 1.82) is 0 Å². The molecule has 2 heterocycles. The number of methoxy groups -OCH3 is 1. The number of hydrogen-bond donors (Lipinski definition) is 0. The highest BCUT2D eigenvalue weighted by Crippen LogP contribution is 2.46. The first-order valence-corrected chi connectivity index (χ1v) is 7.15. The second-order valence-corrected chi connectivity index (χ2v) is 5.48. The summed E-state index contributed by atoms with van der Waals surface area (Å²) in [6.45, 7) is 0.300. The summed E-state index contributed by atoms with van der Waals surface area (Å²) in [4.78, 5) is 12.1. The van der Waals surface area contributed by atoms with Gasteiger partial charge in [-0.25, -0.2) is 0 Å². The van der Waals surface area contributed by atoms with Crippen LogP contribution in [-0.4, -0.2) is 37.9 Å². The lowest BCUT2D eigenvalue weighted by Gasteiger charge is -2.42. The predicted octanol–water partition coefficient (Wildman–Crippen LogP) is 3.12. The van der Waals surface area contributed by atoms with Gasteiger partial charge in [-0.15, -0.1) is 0 Å². The largest absolute Gasteiger partial charge is 0.495 e. The number of benzene rings is 1. The van der Waals surface area contributed by atoms with Crippen LogP contribution >= 0.6 is 0 Å². The van der Waals surface area contributed by atoms with Crippen molar-refractivity contribution < 1.29 is 32.2 Å². The normalized spacial score (nSPS) is 24.2. The van der Waals surface area contributed by atoms with Crippen LogP contribution in [-0.2, 0) is 14.3 Å². The highest BCUT2D eigenvalue weighted by Gasteiger charge is 2.55. The molecule has 0 aromatic heterocycles. The van der Waals surface area contributed by atoms with Crippen molar-refractivity contribution in [2.24, 2.45) is 0 Å². The number of ether oxygens (including phenoxy) is 3. The minimum atomic E-state index is -5.01. The lowest BCUT2D eigenvalue weighted by Crippen LogP contribution is -2.52. The van der Waals surface area contributed by atoms with Gasteiger partial charge >= 0.3 is 6.18 Å². The van der Waals surface area contributed by atoms with Crippen LogP contribution in [0, 0.1) is 0 Å². The number of ketones is 1. The summed E-state index contributed by atoms with van der Waals surface area (Å²) in [5.41, 5.74) is -1.64. The van der Waals surface area contributed by atoms with Crippen molar-refractivity contribution >= 4 is 11.5 Å². The van der Waals surface area contributed by atoms with Crippen LogP contribution in [0.25, 0.3) is 5.76 Å². The summed E-state index contributed by atoms with van der Waals surface area (Å²) < 4.78 is 55.7. The summed E-state index contributed by atoms with van der Waals surface area (Å²) in [6, 6.07) is 6.56. The molecule has 124 valence electrons. The molecule has 1 saturated heterocycles. The molecule has 7 heteroatoms. The van der Waals surface area contributed by atoms with Crippen LogP contribution in [0.1, 0.15) is 18.4 Å². The van der Waals surface area contributed by atoms with Gasteiger partial charge in [0.2, 0.25) is 0 Å². The minimum absolute atomic E-state index is 0.0975. The molecule has 2 aliphatic heterocycles. The van der Waals surface area contributed by atoms with E-state index in [4.69, 9.17) is 14.2 Å². The molecule has 23 heavy (non-hydrogen) atoms. The van der Waals surface area contributed by atoms with E-state index in [1.807, 2.05) is 0 Å². The highest BCUT2D eigenvalue weighted by molar-refractivity contribution is 6.07. The topological polar surface area (TPSA) is 44.8 Å². The van der Waals surface area contributed by atoms with E-state index in [-0.39, 0.29) is 18.8 Å². The summed E-state index contributed by atoms with van der Waals surface area (Å²) >= 11 is 0. The monoisotopic (exact) mass is 328 g/mol. The fraction of sp³-hybridized carbons (Fsp3) is 0.438. The summed E-state index contributed by atoms with van der Waals surface area (Å²) in [6.07, 6.45) is -4.27. The van der Waals surface area contributed by atoms with Crippen LogP contribution in [0.3, 0.4) is 0 Å². The van der Waals surface area contributed by atoms with Gasteiger partial charge in [0.05, 0.1) is 24.9 Å². The Hall–Kier alpha value is -2.02. The predicted molar refractivity (Wildman–Crippen MR) is 74.8 cm³/mol. The SMILES string of the molecule is COC1=C(C(=O)C(F)(F)F)C2(CCCOC2)Oc2ccccc21. The fourth-order valence-electron chi connectivity index (χ4n) is 3.06. The quantitative estimate of drug-likeness (QED) is 0.837. The Morgan fingerprint density at radius 3 is 2.65 bits per heavy atom. The smallest absolute Gasteiger partial charge is 0.454 e. The third-order valence-corrected chi connectivity index (χ3v) is 4.01. The van der Waals surface area contributed by atoms with Gasteiger partial charge in [-0.3, -0.25) is 4.79 Å². The Balaban J connectivity index is 2.24. The average Bonchev–Trinajstić information content (AvgIpc) is 2.52. The van der Waals surface area contributed by atoms with E-state index in [0.717, 1.165) is 0 Å². The molecule has 1 aromatic rings. The van der Waals surface area contributed by atoms with Crippen molar-refractivity contribution in [2.75, 3.05) is 20.3 Å². The molecule has 1 atom stereocenters. The molecular formula is C16H15F3O4. The second kappa shape index (κ2) is 5.56. The Bertz CT molecular complexity index is 658. The van der Waals surface area contributed by atoms with E-state index in [1.165, 1.54) is 7.11 Å². The number of halogens is 3. The van der Waals surface area contributed by atoms with Gasteiger partial charge in [0.15, 0.2) is 5.60 Å². The van der Waals surface area contributed by atoms with Crippen LogP contribution in [0.2, 0.25) is 0 Å². The zero-order chi connectivity index (χ0) is 16.7. The van der Waals surface area contributed by atoms with Crippen molar-refractivity contribution in [1.82, 2.24) is 0 Å². The molecule has 1 unspecified atom stereocenters. The maximum absolute atomic E-state index is 13.1. The van der Waals surface area contributed by atoms with Crippen LogP contribution < -0.4 is 4.74 Å². The third-order valence-electron chi connectivity index (χ3n) is 4.01. The van der Waals surface area contributed by atoms with Gasteiger partial charge in [0.1, 0.15) is 11.5 Å². The van der Waals surface area contributed by atoms with Crippen molar-refractivity contribution in [3.63, 3.8) is 0 Å². The van der Waals surface area contributed by atoms with Crippen LogP contribution in [0.5, 0.6) is 5.75 Å². The van der Waals surface area contributed by atoms with E-state index in [1.54, 1.807) is 24.3 Å². The summed E-state index contributed by atoms with van der Waals surface area (Å²) in [5, 5.41) is 0. The molecule has 2 aliphatic rings. The number of fused-ring (bicyclic) bond motifs is 1. The van der Waals surface area contributed by atoms with Gasteiger partial charge in [-0.2, -0.15) is 13.2 Å². The number of Topliss-reactive ketones (excluding diaryl/α,β-unsaturated/α-hetero) is 1. The second-order valence-electron chi connectivity index (χ2n) is 5.48. The van der Waals surface area contributed by atoms with Crippen molar-refractivity contribution in [2.45, 2.75) is 24.6 Å². The lowest BCUT2D eigenvalue weighted by atomic mass is 9.81. The molecule has 0 N–H and O–H groups in total. The number of para-hydroxylation sites is 1. The van der Waals surface area contributed by atoms with E-state index < -0.39 is 23.1 Å². The van der Waals surface area contributed by atoms with Gasteiger partial charge in [0, 0.05) is 6.61 Å². The molecule has 3 rings (SSSR count). The fourth-order valence-corrected chi connectivity index (χ4v) is 3.06. The maximum Gasteiger partial charge on any atom is 0.454 e. The molecule has 0 bridgehead atoms. The van der Waals surface area contributed by atoms with Crippen molar-refractivity contribution in [3.8, 4) is 5.75 Å². The van der Waals surface area contributed by atoms with Gasteiger partial charge < -0.3 is 14.2 Å². The number of rotatable bonds is 2. The minimum Gasteiger partial charge on any atom is -0.495 e. The number of alkyl halides is 3. The Morgan fingerprint density at radius 1 is 1.30 bits per heavy atom.